The lowest BCUT2D eigenvalue weighted by Gasteiger charge is -2.37. The van der Waals surface area contributed by atoms with Crippen molar-refractivity contribution < 1.29 is 81.8 Å². The summed E-state index contributed by atoms with van der Waals surface area (Å²) in [5, 5.41) is 39.7. The van der Waals surface area contributed by atoms with Gasteiger partial charge in [0.15, 0.2) is 0 Å². The predicted molar refractivity (Wildman–Crippen MR) is 480 cm³/mol. The van der Waals surface area contributed by atoms with Crippen molar-refractivity contribution >= 4 is 128 Å². The number of nitrogens with zero attached hydrogens (tertiary/aromatic N) is 6. The lowest BCUT2D eigenvalue weighted by molar-refractivity contribution is -0.145. The van der Waals surface area contributed by atoms with E-state index in [0.717, 1.165) is 37.4 Å². The number of fused-ring (bicyclic) bond motifs is 3. The molecule has 3 aromatic carbocycles. The number of thioether (sulfide) groups is 1. The fraction of sp³-hybridized carbons (Fsp3) is 0.539. The molecule has 0 saturated carbocycles. The first-order chi connectivity index (χ1) is 61.0. The fourth-order valence-electron chi connectivity index (χ4n) is 15.8. The third kappa shape index (κ3) is 28.9. The van der Waals surface area contributed by atoms with E-state index in [1.54, 1.807) is 114 Å². The maximum atomic E-state index is 15.7. The maximum absolute atomic E-state index is 15.7. The average Bonchev–Trinajstić information content (AvgIpc) is 1.63. The Morgan fingerprint density at radius 1 is 0.570 bits per heavy atom. The number of likely N-dealkylation sites (N-methyl/N-ethyl adjacent to an activating group) is 4. The molecule has 2 fully saturated rings. The topological polar surface area (TPSA) is 542 Å². The molecule has 8 rings (SSSR count). The first kappa shape index (κ1) is 101. The van der Waals surface area contributed by atoms with Crippen molar-refractivity contribution in [2.45, 2.75) is 223 Å². The summed E-state index contributed by atoms with van der Waals surface area (Å²) in [4.78, 5) is 252. The molecule has 128 heavy (non-hydrogen) atoms. The van der Waals surface area contributed by atoms with Gasteiger partial charge < -0.3 is 104 Å². The van der Waals surface area contributed by atoms with Crippen molar-refractivity contribution in [3.63, 3.8) is 0 Å². The molecule has 3 aromatic heterocycles. The number of aliphatic hydroxyl groups is 1. The van der Waals surface area contributed by atoms with Crippen LogP contribution in [0.25, 0.3) is 21.8 Å². The van der Waals surface area contributed by atoms with E-state index in [-0.39, 0.29) is 76.1 Å². The van der Waals surface area contributed by atoms with Crippen LogP contribution in [0.15, 0.2) is 104 Å². The molecule has 5 heterocycles. The number of unbranched alkanes of at least 4 members (excludes halogenated alkanes) is 2. The van der Waals surface area contributed by atoms with Gasteiger partial charge in [0.25, 0.3) is 0 Å². The molecule has 2 aliphatic rings. The van der Waals surface area contributed by atoms with Crippen molar-refractivity contribution in [1.29, 1.82) is 0 Å². The van der Waals surface area contributed by atoms with Crippen molar-refractivity contribution in [2.24, 2.45) is 23.3 Å². The van der Waals surface area contributed by atoms with E-state index in [4.69, 9.17) is 11.5 Å². The number of para-hydroxylation sites is 2. The molecule has 2 saturated heterocycles. The second-order valence-corrected chi connectivity index (χ2v) is 34.6. The molecular formula is C89H127N21O17S. The third-order valence-electron chi connectivity index (χ3n) is 23.4. The minimum Gasteiger partial charge on any atom is -0.394 e. The number of hydrogen-bond donors (Lipinski definition) is 16. The number of imidazole rings is 1. The van der Waals surface area contributed by atoms with Crippen LogP contribution in [0, 0.1) is 11.8 Å². The van der Waals surface area contributed by atoms with E-state index in [2.05, 4.69) is 73.1 Å². The van der Waals surface area contributed by atoms with Crippen molar-refractivity contribution in [3.8, 4) is 0 Å². The molecule has 2 aliphatic heterocycles. The number of aromatic amines is 3. The van der Waals surface area contributed by atoms with Gasteiger partial charge in [-0.3, -0.25) is 81.6 Å². The zero-order chi connectivity index (χ0) is 93.6. The number of carbonyl (C=O) groups excluding carboxylic acids is 16. The molecule has 0 aliphatic carbocycles. The molecule has 0 bridgehead atoms. The van der Waals surface area contributed by atoms with Gasteiger partial charge in [-0.2, -0.15) is 0 Å². The summed E-state index contributed by atoms with van der Waals surface area (Å²) in [5.41, 5.74) is 14.7. The van der Waals surface area contributed by atoms with Gasteiger partial charge in [0.2, 0.25) is 94.5 Å². The Morgan fingerprint density at radius 2 is 1.13 bits per heavy atom. The first-order valence-electron chi connectivity index (χ1n) is 43.7. The SMILES string of the molecule is CCCCC1C(=O)NC(C(C)CC)C(=O)NC(C(=O)NCC(N)=O)CSCC(=O)NC(Cc2ccccc2)C(=O)N(C)C(C)C(=O)NC(CC(N)=O)C(=O)N2CCCC2C(=O)NC(Cc2cnc[nH]2)C(=O)NC(CC(C)C)C(=O)N(C)CC(=O)NC(Cc2c[nH]c3ccccc23)C(=O)NC(CO)C(=O)NC(Cc2c[nH]c3ccccc23)C(=O)N(C)C(CCCC)CN1C. The van der Waals surface area contributed by atoms with Gasteiger partial charge in [0, 0.05) is 118 Å². The van der Waals surface area contributed by atoms with E-state index in [1.807, 2.05) is 38.1 Å². The number of nitrogens with one attached hydrogen (secondary N) is 13. The predicted octanol–water partition coefficient (Wildman–Crippen LogP) is 0.118. The summed E-state index contributed by atoms with van der Waals surface area (Å²) in [7, 11) is 5.90. The van der Waals surface area contributed by atoms with Crippen LogP contribution < -0.4 is 64.6 Å². The highest BCUT2D eigenvalue weighted by Crippen LogP contribution is 2.26. The molecule has 14 atom stereocenters. The largest absolute Gasteiger partial charge is 0.394 e. The van der Waals surface area contributed by atoms with Crippen molar-refractivity contribution in [2.75, 3.05) is 72.5 Å². The Balaban J connectivity index is 1.16. The van der Waals surface area contributed by atoms with Gasteiger partial charge in [0.1, 0.15) is 66.5 Å². The maximum Gasteiger partial charge on any atom is 0.246 e. The van der Waals surface area contributed by atoms with E-state index >= 15 is 19.2 Å². The molecule has 696 valence electrons. The Labute approximate surface area is 749 Å². The highest BCUT2D eigenvalue weighted by molar-refractivity contribution is 8.00. The molecule has 14 unspecified atom stereocenters. The average molecular weight is 1800 g/mol. The van der Waals surface area contributed by atoms with Crippen LogP contribution in [0.5, 0.6) is 0 Å². The van der Waals surface area contributed by atoms with Crippen LogP contribution in [0.4, 0.5) is 0 Å². The van der Waals surface area contributed by atoms with Gasteiger partial charge in [-0.15, -0.1) is 11.8 Å². The number of primary amides is 2. The number of H-pyrrole nitrogens is 3. The first-order valence-corrected chi connectivity index (χ1v) is 44.8. The highest BCUT2D eigenvalue weighted by atomic mass is 32.2. The second-order valence-electron chi connectivity index (χ2n) is 33.6. The Kier molecular flexibility index (Phi) is 38.9. The minimum atomic E-state index is -1.76. The summed E-state index contributed by atoms with van der Waals surface area (Å²) in [6.45, 7) is 10.0. The van der Waals surface area contributed by atoms with Gasteiger partial charge in [0.05, 0.1) is 44.2 Å². The quantitative estimate of drug-likeness (QED) is 0.0383. The van der Waals surface area contributed by atoms with Gasteiger partial charge in [-0.05, 0) is 86.7 Å². The smallest absolute Gasteiger partial charge is 0.246 e. The summed E-state index contributed by atoms with van der Waals surface area (Å²) in [6, 6.07) is 5.38. The number of nitrogens with two attached hydrogens (primary N) is 2. The Morgan fingerprint density at radius 3 is 1.73 bits per heavy atom. The van der Waals surface area contributed by atoms with Crippen LogP contribution in [0.2, 0.25) is 0 Å². The summed E-state index contributed by atoms with van der Waals surface area (Å²) in [6.07, 6.45) is 8.43. The van der Waals surface area contributed by atoms with E-state index in [9.17, 15) is 62.6 Å². The van der Waals surface area contributed by atoms with Gasteiger partial charge >= 0.3 is 0 Å². The van der Waals surface area contributed by atoms with Crippen molar-refractivity contribution in [1.82, 2.24) is 97.6 Å². The normalized spacial score (nSPS) is 24.3. The summed E-state index contributed by atoms with van der Waals surface area (Å²) in [5.74, 6) is -15.0. The number of aromatic nitrogens is 4. The standard InChI is InChI=1S/C89H127N21O17S/c1-12-15-27-58-45-106(8)71(32-16-13-2)83(121)105-77(52(6)14-3)85(123)104-70(79(117)95-44-74(91)113)48-128-49-76(115)98-66(36-54-25-18-17-19-26-54)87(125)108(10)53(7)78(116)100-68(40-73(90)112)89(127)110-34-24-33-72(110)84(122)99-64(39-57-43-92-50-96-57)81(119)101-65(35-51(4)5)86(124)107(9)46-75(114)97-63(37-55-41-93-61-30-22-20-28-59(55)61)80(118)103-69(47-111)82(120)102-67(88(126)109(58)11)38-56-42-94-62-31-23-21-29-60(56)62/h17-23,25-26,28-31,41-43,50-53,58,63-72,77,93-94,111H,12-16,24,27,32-40,44-49H2,1-11H3,(H2,90,112)(H2,91,113)(H,92,96)(H,95,117)(H,97,114)(H,98,115)(H,99,122)(H,100,116)(H,101,119)(H,102,120)(H,103,118)(H,104,123)(H,105,121). The molecule has 39 heteroatoms. The number of amides is 16. The summed E-state index contributed by atoms with van der Waals surface area (Å²) >= 11 is 0.869. The van der Waals surface area contributed by atoms with Crippen LogP contribution in [0.1, 0.15) is 141 Å². The zero-order valence-corrected chi connectivity index (χ0v) is 75.6. The van der Waals surface area contributed by atoms with Crippen molar-refractivity contribution in [3.05, 3.63) is 126 Å². The van der Waals surface area contributed by atoms with E-state index in [0.29, 0.717) is 71.8 Å². The monoisotopic (exact) mass is 1790 g/mol. The number of hydrogen-bond acceptors (Lipinski definition) is 20. The van der Waals surface area contributed by atoms with Crippen LogP contribution in [0.3, 0.4) is 0 Å². The van der Waals surface area contributed by atoms with Crippen LogP contribution in [-0.2, 0) is 102 Å². The molecule has 18 N–H and O–H groups in total. The summed E-state index contributed by atoms with van der Waals surface area (Å²) < 4.78 is 0. The van der Waals surface area contributed by atoms with Crippen LogP contribution in [-0.4, -0.2) is 295 Å². The molecule has 0 spiro atoms. The molecule has 38 nitrogen and oxygen atoms in total. The Hall–Kier alpha value is -12.3. The zero-order valence-electron chi connectivity index (χ0n) is 74.8. The number of benzene rings is 3. The number of carbonyl (C=O) groups is 16. The fourth-order valence-corrected chi connectivity index (χ4v) is 16.6. The number of aliphatic hydroxyl groups excluding tert-OH is 1. The third-order valence-corrected chi connectivity index (χ3v) is 24.4. The lowest BCUT2D eigenvalue weighted by Crippen LogP contribution is -2.61. The number of rotatable bonds is 24. The van der Waals surface area contributed by atoms with Gasteiger partial charge in [-0.25, -0.2) is 4.98 Å². The second kappa shape index (κ2) is 49.2. The molecular weight excluding hydrogens is 1670 g/mol. The van der Waals surface area contributed by atoms with E-state index in [1.165, 1.54) is 38.4 Å². The van der Waals surface area contributed by atoms with Crippen LogP contribution >= 0.6 is 11.8 Å². The Bertz CT molecular complexity index is 4830. The molecule has 6 aromatic rings. The lowest BCUT2D eigenvalue weighted by atomic mass is 9.96. The van der Waals surface area contributed by atoms with Gasteiger partial charge in [-0.1, -0.05) is 140 Å². The molecule has 0 radical (unpaired) electrons. The highest BCUT2D eigenvalue weighted by Gasteiger charge is 2.43. The minimum absolute atomic E-state index is 0.00190. The van der Waals surface area contributed by atoms with E-state index < -0.39 is 211 Å². The molecule has 16 amide bonds.